The van der Waals surface area contributed by atoms with E-state index in [0.717, 1.165) is 32.2 Å². The Morgan fingerprint density at radius 3 is 2.72 bits per heavy atom. The van der Waals surface area contributed by atoms with E-state index < -0.39 is 0 Å². The van der Waals surface area contributed by atoms with Crippen molar-refractivity contribution in [2.24, 2.45) is 11.8 Å². The summed E-state index contributed by atoms with van der Waals surface area (Å²) in [6.07, 6.45) is 5.35. The van der Waals surface area contributed by atoms with Gasteiger partial charge in [0.25, 0.3) is 0 Å². The molecule has 0 saturated carbocycles. The number of likely N-dealkylation sites (N-methyl/N-ethyl adjacent to an activating group) is 1. The third kappa shape index (κ3) is 5.68. The number of hydrogen-bond acceptors (Lipinski definition) is 3. The molecule has 1 saturated heterocycles. The fraction of sp³-hybridized carbons (Fsp3) is 1.00. The first kappa shape index (κ1) is 15.9. The number of ether oxygens (including phenoxy) is 1. The van der Waals surface area contributed by atoms with Crippen LogP contribution >= 0.6 is 0 Å². The first-order valence-electron chi connectivity index (χ1n) is 7.83. The maximum atomic E-state index is 5.57. The monoisotopic (exact) mass is 256 g/mol. The number of rotatable bonds is 10. The molecule has 0 aromatic carbocycles. The van der Waals surface area contributed by atoms with Crippen LogP contribution < -0.4 is 10.6 Å². The normalized spacial score (nSPS) is 25.5. The smallest absolute Gasteiger partial charge is 0.0623 e. The van der Waals surface area contributed by atoms with Crippen LogP contribution in [0.4, 0.5) is 0 Å². The van der Waals surface area contributed by atoms with Gasteiger partial charge in [-0.2, -0.15) is 0 Å². The summed E-state index contributed by atoms with van der Waals surface area (Å²) >= 11 is 0. The van der Waals surface area contributed by atoms with Crippen molar-refractivity contribution in [2.75, 3.05) is 32.8 Å². The third-order valence-electron chi connectivity index (χ3n) is 4.05. The van der Waals surface area contributed by atoms with Gasteiger partial charge in [0.1, 0.15) is 0 Å². The van der Waals surface area contributed by atoms with Crippen molar-refractivity contribution in [1.82, 2.24) is 10.6 Å². The summed E-state index contributed by atoms with van der Waals surface area (Å²) in [5.74, 6) is 1.50. The molecule has 0 aromatic rings. The molecule has 0 amide bonds. The van der Waals surface area contributed by atoms with Crippen LogP contribution in [0.1, 0.15) is 46.5 Å². The Hall–Kier alpha value is -0.120. The maximum Gasteiger partial charge on any atom is 0.0623 e. The molecular weight excluding hydrogens is 224 g/mol. The molecule has 3 heteroatoms. The van der Waals surface area contributed by atoms with Crippen molar-refractivity contribution in [3.8, 4) is 0 Å². The molecule has 0 aromatic heterocycles. The molecule has 1 aliphatic rings. The van der Waals surface area contributed by atoms with Gasteiger partial charge in [0.2, 0.25) is 0 Å². The standard InChI is InChI=1S/C15H32N2O/c1-4-7-8-13(5-2)9-16-10-14-11-18-12-15(14)17-6-3/h13-17H,4-12H2,1-3H3. The van der Waals surface area contributed by atoms with Gasteiger partial charge in [-0.3, -0.25) is 0 Å². The van der Waals surface area contributed by atoms with Gasteiger partial charge in [0, 0.05) is 18.5 Å². The lowest BCUT2D eigenvalue weighted by Crippen LogP contribution is -2.41. The fourth-order valence-electron chi connectivity index (χ4n) is 2.70. The minimum atomic E-state index is 0.554. The van der Waals surface area contributed by atoms with Gasteiger partial charge < -0.3 is 15.4 Å². The summed E-state index contributed by atoms with van der Waals surface area (Å²) in [5.41, 5.74) is 0. The van der Waals surface area contributed by atoms with Crippen LogP contribution in [0.25, 0.3) is 0 Å². The molecule has 0 radical (unpaired) electrons. The minimum Gasteiger partial charge on any atom is -0.379 e. The Morgan fingerprint density at radius 2 is 2.06 bits per heavy atom. The number of hydrogen-bond donors (Lipinski definition) is 2. The first-order chi connectivity index (χ1) is 8.81. The highest BCUT2D eigenvalue weighted by atomic mass is 16.5. The van der Waals surface area contributed by atoms with E-state index in [9.17, 15) is 0 Å². The second kappa shape index (κ2) is 9.76. The van der Waals surface area contributed by atoms with Crippen molar-refractivity contribution in [3.05, 3.63) is 0 Å². The molecule has 3 nitrogen and oxygen atoms in total. The highest BCUT2D eigenvalue weighted by Crippen LogP contribution is 2.14. The van der Waals surface area contributed by atoms with Crippen molar-refractivity contribution in [2.45, 2.75) is 52.5 Å². The minimum absolute atomic E-state index is 0.554. The summed E-state index contributed by atoms with van der Waals surface area (Å²) in [6, 6.07) is 0.554. The molecule has 3 atom stereocenters. The molecule has 0 bridgehead atoms. The van der Waals surface area contributed by atoms with Crippen LogP contribution in [-0.4, -0.2) is 38.9 Å². The first-order valence-corrected chi connectivity index (χ1v) is 7.83. The number of nitrogens with one attached hydrogen (secondary N) is 2. The summed E-state index contributed by atoms with van der Waals surface area (Å²) in [6.45, 7) is 11.9. The SMILES string of the molecule is CCCCC(CC)CNCC1COCC1NCC. The zero-order valence-electron chi connectivity index (χ0n) is 12.5. The molecule has 108 valence electrons. The third-order valence-corrected chi connectivity index (χ3v) is 4.05. The molecule has 0 aliphatic carbocycles. The van der Waals surface area contributed by atoms with Crippen LogP contribution in [0, 0.1) is 11.8 Å². The van der Waals surface area contributed by atoms with Gasteiger partial charge in [-0.15, -0.1) is 0 Å². The molecule has 18 heavy (non-hydrogen) atoms. The lowest BCUT2D eigenvalue weighted by Gasteiger charge is -2.21. The van der Waals surface area contributed by atoms with Crippen molar-refractivity contribution >= 4 is 0 Å². The highest BCUT2D eigenvalue weighted by Gasteiger charge is 2.26. The van der Waals surface area contributed by atoms with E-state index in [1.54, 1.807) is 0 Å². The molecule has 0 spiro atoms. The summed E-state index contributed by atoms with van der Waals surface area (Å²) in [4.78, 5) is 0. The largest absolute Gasteiger partial charge is 0.379 e. The lowest BCUT2D eigenvalue weighted by molar-refractivity contribution is 0.182. The highest BCUT2D eigenvalue weighted by molar-refractivity contribution is 4.82. The second-order valence-electron chi connectivity index (χ2n) is 5.54. The molecule has 1 fully saturated rings. The van der Waals surface area contributed by atoms with Crippen LogP contribution in [0.2, 0.25) is 0 Å². The van der Waals surface area contributed by atoms with E-state index in [1.165, 1.54) is 32.2 Å². The molecule has 1 aliphatic heterocycles. The Balaban J connectivity index is 2.15. The zero-order chi connectivity index (χ0) is 13.2. The average Bonchev–Trinajstić information content (AvgIpc) is 2.81. The average molecular weight is 256 g/mol. The lowest BCUT2D eigenvalue weighted by atomic mass is 9.98. The molecule has 1 heterocycles. The Bertz CT molecular complexity index is 199. The summed E-state index contributed by atoms with van der Waals surface area (Å²) in [7, 11) is 0. The van der Waals surface area contributed by atoms with Gasteiger partial charge in [-0.1, -0.05) is 40.0 Å². The van der Waals surface area contributed by atoms with Crippen molar-refractivity contribution < 1.29 is 4.74 Å². The van der Waals surface area contributed by atoms with Gasteiger partial charge in [-0.05, 0) is 25.4 Å². The predicted molar refractivity (Wildman–Crippen MR) is 77.9 cm³/mol. The molecular formula is C15H32N2O. The zero-order valence-corrected chi connectivity index (χ0v) is 12.5. The van der Waals surface area contributed by atoms with Gasteiger partial charge in [-0.25, -0.2) is 0 Å². The van der Waals surface area contributed by atoms with E-state index >= 15 is 0 Å². The van der Waals surface area contributed by atoms with Gasteiger partial charge in [0.05, 0.1) is 13.2 Å². The second-order valence-corrected chi connectivity index (χ2v) is 5.54. The van der Waals surface area contributed by atoms with E-state index in [4.69, 9.17) is 4.74 Å². The van der Waals surface area contributed by atoms with Crippen LogP contribution in [0.5, 0.6) is 0 Å². The van der Waals surface area contributed by atoms with Crippen molar-refractivity contribution in [1.29, 1.82) is 0 Å². The molecule has 3 unspecified atom stereocenters. The summed E-state index contributed by atoms with van der Waals surface area (Å²) in [5, 5.41) is 7.17. The fourth-order valence-corrected chi connectivity index (χ4v) is 2.70. The van der Waals surface area contributed by atoms with Gasteiger partial charge >= 0.3 is 0 Å². The quantitative estimate of drug-likeness (QED) is 0.630. The molecule has 1 rings (SSSR count). The van der Waals surface area contributed by atoms with Crippen LogP contribution in [-0.2, 0) is 4.74 Å². The van der Waals surface area contributed by atoms with Crippen LogP contribution in [0.15, 0.2) is 0 Å². The van der Waals surface area contributed by atoms with E-state index in [0.29, 0.717) is 12.0 Å². The van der Waals surface area contributed by atoms with E-state index in [-0.39, 0.29) is 0 Å². The van der Waals surface area contributed by atoms with Crippen LogP contribution in [0.3, 0.4) is 0 Å². The summed E-state index contributed by atoms with van der Waals surface area (Å²) < 4.78 is 5.57. The topological polar surface area (TPSA) is 33.3 Å². The van der Waals surface area contributed by atoms with E-state index in [1.807, 2.05) is 0 Å². The Labute approximate surface area is 113 Å². The number of unbranched alkanes of at least 4 members (excludes halogenated alkanes) is 1. The molecule has 2 N–H and O–H groups in total. The van der Waals surface area contributed by atoms with Gasteiger partial charge in [0.15, 0.2) is 0 Å². The predicted octanol–water partition coefficient (Wildman–Crippen LogP) is 2.42. The Kier molecular flexibility index (Phi) is 8.64. The van der Waals surface area contributed by atoms with Crippen molar-refractivity contribution in [3.63, 3.8) is 0 Å². The Morgan fingerprint density at radius 1 is 1.22 bits per heavy atom. The van der Waals surface area contributed by atoms with E-state index in [2.05, 4.69) is 31.4 Å². The maximum absolute atomic E-state index is 5.57.